The number of rotatable bonds is 4. The Morgan fingerprint density at radius 2 is 2.08 bits per heavy atom. The van der Waals surface area contributed by atoms with Crippen molar-refractivity contribution in [2.75, 3.05) is 0 Å². The SMILES string of the molecule is O=C(Cc1ccccc1Br)NCc1nnc2n1CC[C@@H](C(F)(F)F)C2. The molecular weight excluding hydrogens is 401 g/mol. The lowest BCUT2D eigenvalue weighted by atomic mass is 9.97. The first kappa shape index (κ1) is 17.9. The van der Waals surface area contributed by atoms with Gasteiger partial charge in [-0.2, -0.15) is 13.2 Å². The highest BCUT2D eigenvalue weighted by molar-refractivity contribution is 9.10. The highest BCUT2D eigenvalue weighted by Gasteiger charge is 2.42. The van der Waals surface area contributed by atoms with Crippen molar-refractivity contribution in [3.05, 3.63) is 46.0 Å². The van der Waals surface area contributed by atoms with Crippen molar-refractivity contribution >= 4 is 21.8 Å². The van der Waals surface area contributed by atoms with Crippen LogP contribution in [0.4, 0.5) is 13.2 Å². The van der Waals surface area contributed by atoms with E-state index < -0.39 is 12.1 Å². The molecular formula is C16H16BrF3N4O. The summed E-state index contributed by atoms with van der Waals surface area (Å²) in [5, 5.41) is 10.5. The van der Waals surface area contributed by atoms with Gasteiger partial charge in [0.25, 0.3) is 0 Å². The highest BCUT2D eigenvalue weighted by atomic mass is 79.9. The molecule has 0 saturated carbocycles. The largest absolute Gasteiger partial charge is 0.392 e. The van der Waals surface area contributed by atoms with Gasteiger partial charge in [-0.25, -0.2) is 0 Å². The lowest BCUT2D eigenvalue weighted by Crippen LogP contribution is -2.32. The number of fused-ring (bicyclic) bond motifs is 1. The number of carbonyl (C=O) groups is 1. The third kappa shape index (κ3) is 4.20. The van der Waals surface area contributed by atoms with Gasteiger partial charge in [0.05, 0.1) is 18.9 Å². The monoisotopic (exact) mass is 416 g/mol. The maximum absolute atomic E-state index is 12.8. The van der Waals surface area contributed by atoms with Gasteiger partial charge >= 0.3 is 6.18 Å². The van der Waals surface area contributed by atoms with Crippen molar-refractivity contribution in [2.24, 2.45) is 5.92 Å². The molecule has 1 amide bonds. The Bertz CT molecular complexity index is 775. The predicted molar refractivity (Wildman–Crippen MR) is 87.6 cm³/mol. The number of nitrogens with zero attached hydrogens (tertiary/aromatic N) is 3. The van der Waals surface area contributed by atoms with Gasteiger partial charge in [0.1, 0.15) is 5.82 Å². The van der Waals surface area contributed by atoms with Crippen molar-refractivity contribution in [3.8, 4) is 0 Å². The maximum Gasteiger partial charge on any atom is 0.392 e. The van der Waals surface area contributed by atoms with Crippen LogP contribution in [-0.4, -0.2) is 26.8 Å². The highest BCUT2D eigenvalue weighted by Crippen LogP contribution is 2.34. The number of benzene rings is 1. The molecule has 1 aromatic carbocycles. The van der Waals surface area contributed by atoms with E-state index in [0.29, 0.717) is 11.6 Å². The number of hydrogen-bond donors (Lipinski definition) is 1. The Morgan fingerprint density at radius 1 is 1.32 bits per heavy atom. The van der Waals surface area contributed by atoms with Gasteiger partial charge in [-0.1, -0.05) is 34.1 Å². The average Bonchev–Trinajstić information content (AvgIpc) is 2.96. The molecule has 0 spiro atoms. The lowest BCUT2D eigenvalue weighted by molar-refractivity contribution is -0.179. The molecule has 1 N–H and O–H groups in total. The summed E-state index contributed by atoms with van der Waals surface area (Å²) in [6.45, 7) is 0.356. The van der Waals surface area contributed by atoms with Crippen molar-refractivity contribution in [2.45, 2.75) is 38.5 Å². The summed E-state index contributed by atoms with van der Waals surface area (Å²) >= 11 is 3.39. The molecule has 0 unspecified atom stereocenters. The van der Waals surface area contributed by atoms with Gasteiger partial charge in [-0.15, -0.1) is 10.2 Å². The van der Waals surface area contributed by atoms with Crippen LogP contribution in [0.1, 0.15) is 23.6 Å². The topological polar surface area (TPSA) is 59.8 Å². The molecule has 0 saturated heterocycles. The van der Waals surface area contributed by atoms with E-state index in [2.05, 4.69) is 31.4 Å². The number of alkyl halides is 3. The van der Waals surface area contributed by atoms with Gasteiger partial charge in [-0.3, -0.25) is 4.79 Å². The quantitative estimate of drug-likeness (QED) is 0.832. The minimum atomic E-state index is -4.21. The fourth-order valence-electron chi connectivity index (χ4n) is 2.85. The first-order valence-corrected chi connectivity index (χ1v) is 8.61. The Kier molecular flexibility index (Phi) is 5.12. The van der Waals surface area contributed by atoms with E-state index in [1.807, 2.05) is 24.3 Å². The molecule has 1 aliphatic rings. The summed E-state index contributed by atoms with van der Waals surface area (Å²) in [6.07, 6.45) is -4.17. The van der Waals surface area contributed by atoms with E-state index in [4.69, 9.17) is 0 Å². The molecule has 1 aliphatic heterocycles. The molecule has 1 aromatic heterocycles. The van der Waals surface area contributed by atoms with Crippen LogP contribution in [0.3, 0.4) is 0 Å². The van der Waals surface area contributed by atoms with E-state index >= 15 is 0 Å². The van der Waals surface area contributed by atoms with Crippen molar-refractivity contribution in [3.63, 3.8) is 0 Å². The lowest BCUT2D eigenvalue weighted by Gasteiger charge is -2.25. The summed E-state index contributed by atoms with van der Waals surface area (Å²) in [5.74, 6) is -0.755. The first-order valence-electron chi connectivity index (χ1n) is 7.82. The predicted octanol–water partition coefficient (Wildman–Crippen LogP) is 3.02. The summed E-state index contributed by atoms with van der Waals surface area (Å²) in [7, 11) is 0. The Balaban J connectivity index is 1.59. The molecule has 0 radical (unpaired) electrons. The van der Waals surface area contributed by atoms with Gasteiger partial charge in [0.15, 0.2) is 5.82 Å². The number of nitrogens with one attached hydrogen (secondary N) is 1. The maximum atomic E-state index is 12.8. The smallest absolute Gasteiger partial charge is 0.349 e. The van der Waals surface area contributed by atoms with Crippen molar-refractivity contribution in [1.82, 2.24) is 20.1 Å². The van der Waals surface area contributed by atoms with E-state index in [-0.39, 0.29) is 38.3 Å². The second kappa shape index (κ2) is 7.15. The van der Waals surface area contributed by atoms with Crippen LogP contribution in [0.2, 0.25) is 0 Å². The zero-order valence-corrected chi connectivity index (χ0v) is 14.8. The summed E-state index contributed by atoms with van der Waals surface area (Å²) in [6, 6.07) is 7.41. The molecule has 25 heavy (non-hydrogen) atoms. The minimum Gasteiger partial charge on any atom is -0.349 e. The van der Waals surface area contributed by atoms with E-state index in [1.54, 1.807) is 4.57 Å². The van der Waals surface area contributed by atoms with Gasteiger partial charge in [0.2, 0.25) is 5.91 Å². The molecule has 9 heteroatoms. The standard InChI is InChI=1S/C16H16BrF3N4O/c17-12-4-2-1-3-10(12)7-15(25)21-9-14-23-22-13-8-11(16(18,19)20)5-6-24(13)14/h1-4,11H,5-9H2,(H,21,25)/t11-/m1/s1. The molecule has 3 rings (SSSR count). The first-order chi connectivity index (χ1) is 11.8. The van der Waals surface area contributed by atoms with Crippen LogP contribution in [0.5, 0.6) is 0 Å². The average molecular weight is 417 g/mol. The van der Waals surface area contributed by atoms with E-state index in [1.165, 1.54) is 0 Å². The number of hydrogen-bond acceptors (Lipinski definition) is 3. The summed E-state index contributed by atoms with van der Waals surface area (Å²) < 4.78 is 41.0. The second-order valence-electron chi connectivity index (χ2n) is 5.96. The molecule has 134 valence electrons. The fraction of sp³-hybridized carbons (Fsp3) is 0.438. The van der Waals surface area contributed by atoms with Crippen LogP contribution in [0.25, 0.3) is 0 Å². The van der Waals surface area contributed by atoms with E-state index in [9.17, 15) is 18.0 Å². The number of aromatic nitrogens is 3. The number of amides is 1. The van der Waals surface area contributed by atoms with E-state index in [0.717, 1.165) is 10.0 Å². The molecule has 1 atom stereocenters. The van der Waals surface area contributed by atoms with Crippen molar-refractivity contribution in [1.29, 1.82) is 0 Å². The molecule has 0 aliphatic carbocycles. The van der Waals surface area contributed by atoms with Crippen LogP contribution in [0, 0.1) is 5.92 Å². The normalized spacial score (nSPS) is 17.2. The fourth-order valence-corrected chi connectivity index (χ4v) is 3.28. The molecule has 5 nitrogen and oxygen atoms in total. The minimum absolute atomic E-state index is 0.00640. The van der Waals surface area contributed by atoms with Crippen molar-refractivity contribution < 1.29 is 18.0 Å². The number of carbonyl (C=O) groups excluding carboxylic acids is 1. The van der Waals surface area contributed by atoms with Crippen LogP contribution in [0.15, 0.2) is 28.7 Å². The Labute approximate surface area is 150 Å². The van der Waals surface area contributed by atoms with Crippen LogP contribution >= 0.6 is 15.9 Å². The zero-order chi connectivity index (χ0) is 18.0. The zero-order valence-electron chi connectivity index (χ0n) is 13.2. The molecule has 0 bridgehead atoms. The number of halogens is 4. The second-order valence-corrected chi connectivity index (χ2v) is 6.81. The van der Waals surface area contributed by atoms with Crippen LogP contribution < -0.4 is 5.32 Å². The third-order valence-corrected chi connectivity index (χ3v) is 5.02. The molecule has 2 heterocycles. The summed E-state index contributed by atoms with van der Waals surface area (Å²) in [4.78, 5) is 12.1. The van der Waals surface area contributed by atoms with Gasteiger partial charge < -0.3 is 9.88 Å². The third-order valence-electron chi connectivity index (χ3n) is 4.25. The van der Waals surface area contributed by atoms with Gasteiger partial charge in [0, 0.05) is 17.4 Å². The summed E-state index contributed by atoms with van der Waals surface area (Å²) in [5.41, 5.74) is 0.858. The molecule has 0 fully saturated rings. The molecule has 2 aromatic rings. The van der Waals surface area contributed by atoms with Gasteiger partial charge in [-0.05, 0) is 18.1 Å². The Hall–Kier alpha value is -1.90. The van der Waals surface area contributed by atoms with Crippen LogP contribution in [-0.2, 0) is 30.7 Å². The Morgan fingerprint density at radius 3 is 2.80 bits per heavy atom.